The molecule has 0 spiro atoms. The van der Waals surface area contributed by atoms with E-state index in [0.717, 1.165) is 24.0 Å². The summed E-state index contributed by atoms with van der Waals surface area (Å²) in [5.74, 6) is -0.0637. The van der Waals surface area contributed by atoms with Gasteiger partial charge in [-0.3, -0.25) is 9.69 Å². The summed E-state index contributed by atoms with van der Waals surface area (Å²) in [6.45, 7) is 2.02. The first-order valence-corrected chi connectivity index (χ1v) is 10.9. The van der Waals surface area contributed by atoms with Crippen LogP contribution in [0.5, 0.6) is 0 Å². The van der Waals surface area contributed by atoms with E-state index in [4.69, 9.17) is 0 Å². The molecule has 0 radical (unpaired) electrons. The summed E-state index contributed by atoms with van der Waals surface area (Å²) >= 11 is 0. The van der Waals surface area contributed by atoms with Gasteiger partial charge in [-0.1, -0.05) is 72.8 Å². The number of carbonyl (C=O) groups excluding carboxylic acids is 1. The normalized spacial score (nSPS) is 19.2. The highest BCUT2D eigenvalue weighted by Gasteiger charge is 2.34. The molecule has 1 aliphatic heterocycles. The molecule has 3 aromatic rings. The van der Waals surface area contributed by atoms with Crippen molar-refractivity contribution in [1.82, 2.24) is 9.80 Å². The molecule has 31 heavy (non-hydrogen) atoms. The van der Waals surface area contributed by atoms with E-state index in [-0.39, 0.29) is 23.7 Å². The van der Waals surface area contributed by atoms with Crippen LogP contribution in [0.4, 0.5) is 4.39 Å². The van der Waals surface area contributed by atoms with Crippen LogP contribution in [0.1, 0.15) is 35.6 Å². The summed E-state index contributed by atoms with van der Waals surface area (Å²) in [5.41, 5.74) is 3.47. The van der Waals surface area contributed by atoms with Gasteiger partial charge in [-0.2, -0.15) is 0 Å². The minimum atomic E-state index is -0.224. The zero-order valence-corrected chi connectivity index (χ0v) is 18.0. The summed E-state index contributed by atoms with van der Waals surface area (Å²) in [5, 5.41) is 0. The van der Waals surface area contributed by atoms with Gasteiger partial charge in [0.15, 0.2) is 0 Å². The maximum absolute atomic E-state index is 13.4. The Hall–Kier alpha value is -2.98. The first-order valence-electron chi connectivity index (χ1n) is 10.9. The number of likely N-dealkylation sites (tertiary alicyclic amines) is 1. The molecule has 3 aromatic carbocycles. The van der Waals surface area contributed by atoms with E-state index in [9.17, 15) is 9.18 Å². The van der Waals surface area contributed by atoms with E-state index in [1.807, 2.05) is 48.3 Å². The summed E-state index contributed by atoms with van der Waals surface area (Å²) in [6, 6.07) is 27.5. The average Bonchev–Trinajstić information content (AvgIpc) is 2.81. The van der Waals surface area contributed by atoms with Gasteiger partial charge in [0.1, 0.15) is 5.82 Å². The summed E-state index contributed by atoms with van der Waals surface area (Å²) in [7, 11) is 1.89. The van der Waals surface area contributed by atoms with Gasteiger partial charge in [0.05, 0.1) is 5.92 Å². The Balaban J connectivity index is 1.49. The van der Waals surface area contributed by atoms with Crippen LogP contribution in [0.15, 0.2) is 84.9 Å². The maximum atomic E-state index is 13.4. The molecule has 0 aliphatic carbocycles. The van der Waals surface area contributed by atoms with Gasteiger partial charge in [0.25, 0.3) is 0 Å². The highest BCUT2D eigenvalue weighted by atomic mass is 19.1. The Morgan fingerprint density at radius 3 is 2.23 bits per heavy atom. The van der Waals surface area contributed by atoms with Crippen LogP contribution in [0.3, 0.4) is 0 Å². The second-order valence-electron chi connectivity index (χ2n) is 8.44. The molecule has 0 saturated carbocycles. The monoisotopic (exact) mass is 416 g/mol. The summed E-state index contributed by atoms with van der Waals surface area (Å²) in [6.07, 6.45) is 1.80. The van der Waals surface area contributed by atoms with E-state index in [1.54, 1.807) is 0 Å². The second-order valence-corrected chi connectivity index (χ2v) is 8.44. The van der Waals surface area contributed by atoms with Gasteiger partial charge in [0.2, 0.25) is 5.91 Å². The van der Waals surface area contributed by atoms with Crippen molar-refractivity contribution in [2.45, 2.75) is 32.0 Å². The van der Waals surface area contributed by atoms with Crippen LogP contribution in [-0.2, 0) is 17.9 Å². The molecule has 0 N–H and O–H groups in total. The lowest BCUT2D eigenvalue weighted by atomic mass is 9.87. The molecule has 3 nitrogen and oxygen atoms in total. The highest BCUT2D eigenvalue weighted by molar-refractivity contribution is 5.79. The number of halogens is 1. The summed E-state index contributed by atoms with van der Waals surface area (Å²) < 4.78 is 13.4. The lowest BCUT2D eigenvalue weighted by Crippen LogP contribution is -2.44. The molecule has 160 valence electrons. The molecule has 1 aliphatic rings. The van der Waals surface area contributed by atoms with E-state index in [1.165, 1.54) is 17.7 Å². The number of nitrogens with zero attached hydrogens (tertiary/aromatic N) is 2. The maximum Gasteiger partial charge on any atom is 0.227 e. The fraction of sp³-hybridized carbons (Fsp3) is 0.296. The second kappa shape index (κ2) is 9.88. The molecular weight excluding hydrogens is 387 g/mol. The van der Waals surface area contributed by atoms with Gasteiger partial charge in [-0.05, 0) is 41.7 Å². The SMILES string of the molecule is CN(Cc1ccccc1)C(=O)[C@@H]1CC[C@H](c2ccccc2)N(Cc2ccc(F)cc2)C1. The zero-order chi connectivity index (χ0) is 21.6. The summed E-state index contributed by atoms with van der Waals surface area (Å²) in [4.78, 5) is 17.5. The van der Waals surface area contributed by atoms with Gasteiger partial charge in [-0.25, -0.2) is 4.39 Å². The Morgan fingerprint density at radius 2 is 1.55 bits per heavy atom. The standard InChI is InChI=1S/C27H29FN2O/c1-29(18-21-8-4-2-5-9-21)27(31)24-14-17-26(23-10-6-3-7-11-23)30(20-24)19-22-12-15-25(28)16-13-22/h2-13,15-16,24,26H,14,17-20H2,1H3/t24-,26-/m1/s1. The minimum absolute atomic E-state index is 0.0332. The molecule has 1 amide bonds. The fourth-order valence-corrected chi connectivity index (χ4v) is 4.54. The third kappa shape index (κ3) is 5.39. The molecule has 0 bridgehead atoms. The average molecular weight is 417 g/mol. The first-order chi connectivity index (χ1) is 15.1. The number of piperidine rings is 1. The van der Waals surface area contributed by atoms with Crippen molar-refractivity contribution in [3.05, 3.63) is 107 Å². The van der Waals surface area contributed by atoms with Crippen LogP contribution >= 0.6 is 0 Å². The number of benzene rings is 3. The number of hydrogen-bond donors (Lipinski definition) is 0. The molecule has 2 atom stereocenters. The molecule has 4 heteroatoms. The van der Waals surface area contributed by atoms with Crippen LogP contribution in [0, 0.1) is 11.7 Å². The van der Waals surface area contributed by atoms with E-state index in [2.05, 4.69) is 41.3 Å². The molecule has 0 aromatic heterocycles. The molecule has 0 unspecified atom stereocenters. The smallest absolute Gasteiger partial charge is 0.227 e. The first kappa shape index (κ1) is 21.3. The number of hydrogen-bond acceptors (Lipinski definition) is 2. The lowest BCUT2D eigenvalue weighted by molar-refractivity contribution is -0.137. The molecule has 1 fully saturated rings. The topological polar surface area (TPSA) is 23.6 Å². The van der Waals surface area contributed by atoms with Crippen molar-refractivity contribution < 1.29 is 9.18 Å². The molecule has 4 rings (SSSR count). The van der Waals surface area contributed by atoms with E-state index >= 15 is 0 Å². The zero-order valence-electron chi connectivity index (χ0n) is 18.0. The van der Waals surface area contributed by atoms with Crippen molar-refractivity contribution in [2.24, 2.45) is 5.92 Å². The number of rotatable bonds is 6. The third-order valence-corrected chi connectivity index (χ3v) is 6.16. The molecular formula is C27H29FN2O. The van der Waals surface area contributed by atoms with E-state index < -0.39 is 0 Å². The van der Waals surface area contributed by atoms with Gasteiger partial charge in [0, 0.05) is 32.7 Å². The number of amides is 1. The highest BCUT2D eigenvalue weighted by Crippen LogP contribution is 2.35. The largest absolute Gasteiger partial charge is 0.341 e. The number of carbonyl (C=O) groups is 1. The van der Waals surface area contributed by atoms with Gasteiger partial charge < -0.3 is 4.90 Å². The van der Waals surface area contributed by atoms with Crippen molar-refractivity contribution in [3.63, 3.8) is 0 Å². The van der Waals surface area contributed by atoms with Crippen LogP contribution in [0.25, 0.3) is 0 Å². The Morgan fingerprint density at radius 1 is 0.903 bits per heavy atom. The predicted octanol–water partition coefficient (Wildman–Crippen LogP) is 5.44. The molecule has 1 heterocycles. The quantitative estimate of drug-likeness (QED) is 0.534. The minimum Gasteiger partial charge on any atom is -0.341 e. The Labute approximate surface area is 184 Å². The van der Waals surface area contributed by atoms with Crippen LogP contribution < -0.4 is 0 Å². The van der Waals surface area contributed by atoms with Crippen molar-refractivity contribution in [1.29, 1.82) is 0 Å². The Kier molecular flexibility index (Phi) is 6.78. The van der Waals surface area contributed by atoms with Gasteiger partial charge >= 0.3 is 0 Å². The molecule has 1 saturated heterocycles. The van der Waals surface area contributed by atoms with Crippen molar-refractivity contribution >= 4 is 5.91 Å². The lowest BCUT2D eigenvalue weighted by Gasteiger charge is -2.40. The Bertz CT molecular complexity index is 975. The van der Waals surface area contributed by atoms with Crippen LogP contribution in [0.2, 0.25) is 0 Å². The third-order valence-electron chi connectivity index (χ3n) is 6.16. The van der Waals surface area contributed by atoms with Crippen molar-refractivity contribution in [3.8, 4) is 0 Å². The van der Waals surface area contributed by atoms with Gasteiger partial charge in [-0.15, -0.1) is 0 Å². The fourth-order valence-electron chi connectivity index (χ4n) is 4.54. The van der Waals surface area contributed by atoms with Crippen LogP contribution in [-0.4, -0.2) is 29.3 Å². The van der Waals surface area contributed by atoms with E-state index in [0.29, 0.717) is 19.6 Å². The van der Waals surface area contributed by atoms with Crippen molar-refractivity contribution in [2.75, 3.05) is 13.6 Å². The predicted molar refractivity (Wildman–Crippen MR) is 122 cm³/mol.